The van der Waals surface area contributed by atoms with Gasteiger partial charge in [0.05, 0.1) is 26.3 Å². The highest BCUT2D eigenvalue weighted by molar-refractivity contribution is 5.81. The second kappa shape index (κ2) is 20.0. The number of aliphatic hydroxyl groups is 2. The number of unbranched alkanes of at least 4 members (excludes halogenated alkanes) is 4. The molecule has 2 atom stereocenters. The lowest BCUT2D eigenvalue weighted by molar-refractivity contribution is -0.213. The Labute approximate surface area is 174 Å². The van der Waals surface area contributed by atoms with Crippen molar-refractivity contribution in [2.24, 2.45) is 0 Å². The smallest absolute Gasteiger partial charge is 0.234 e. The molecule has 0 aromatic rings. The van der Waals surface area contributed by atoms with Crippen LogP contribution in [0.25, 0.3) is 0 Å². The summed E-state index contributed by atoms with van der Waals surface area (Å²) < 4.78 is 10.6. The fourth-order valence-corrected chi connectivity index (χ4v) is 2.55. The minimum atomic E-state index is -0.626. The standard InChI is InChI=1S/C13H25N3O6.C7H16/c17-5-3-15-11(19)8-14-9-12(20)16-4-7-22-13-10(18)2-1-6-21-13;1-3-5-7-6-4-2/h10,13-14,17-18H,1-9H2,(H,15,19)(H,16,20);3-7H2,1-2H3. The Kier molecular flexibility index (Phi) is 19.2. The summed E-state index contributed by atoms with van der Waals surface area (Å²) in [5.41, 5.74) is 0. The number of rotatable bonds is 14. The van der Waals surface area contributed by atoms with E-state index in [1.807, 2.05) is 0 Å². The zero-order valence-electron chi connectivity index (χ0n) is 18.1. The van der Waals surface area contributed by atoms with Gasteiger partial charge in [-0.25, -0.2) is 0 Å². The van der Waals surface area contributed by atoms with Crippen LogP contribution in [-0.4, -0.2) is 80.4 Å². The Morgan fingerprint density at radius 3 is 2.21 bits per heavy atom. The van der Waals surface area contributed by atoms with E-state index in [0.717, 1.165) is 6.42 Å². The lowest BCUT2D eigenvalue weighted by Gasteiger charge is -2.27. The third-order valence-electron chi connectivity index (χ3n) is 4.16. The van der Waals surface area contributed by atoms with Crippen LogP contribution in [0.15, 0.2) is 0 Å². The predicted octanol–water partition coefficient (Wildman–Crippen LogP) is 0.291. The van der Waals surface area contributed by atoms with Crippen molar-refractivity contribution >= 4 is 11.8 Å². The molecule has 1 rings (SSSR count). The molecule has 2 amide bonds. The molecule has 1 aliphatic rings. The summed E-state index contributed by atoms with van der Waals surface area (Å²) in [6.07, 6.45) is 7.23. The van der Waals surface area contributed by atoms with Crippen LogP contribution < -0.4 is 16.0 Å². The molecular formula is C20H41N3O6. The number of aliphatic hydroxyl groups excluding tert-OH is 2. The van der Waals surface area contributed by atoms with Gasteiger partial charge in [-0.2, -0.15) is 0 Å². The Bertz CT molecular complexity index is 408. The largest absolute Gasteiger partial charge is 0.395 e. The van der Waals surface area contributed by atoms with Crippen LogP contribution in [0.2, 0.25) is 0 Å². The fourth-order valence-electron chi connectivity index (χ4n) is 2.55. The molecule has 5 N–H and O–H groups in total. The molecule has 0 bridgehead atoms. The number of nitrogens with one attached hydrogen (secondary N) is 3. The molecule has 172 valence electrons. The highest BCUT2D eigenvalue weighted by Crippen LogP contribution is 2.14. The van der Waals surface area contributed by atoms with Crippen molar-refractivity contribution in [3.05, 3.63) is 0 Å². The highest BCUT2D eigenvalue weighted by atomic mass is 16.7. The van der Waals surface area contributed by atoms with Gasteiger partial charge < -0.3 is 30.3 Å². The summed E-state index contributed by atoms with van der Waals surface area (Å²) in [6.45, 7) is 5.68. The summed E-state index contributed by atoms with van der Waals surface area (Å²) in [4.78, 5) is 22.6. The average molecular weight is 420 g/mol. The topological polar surface area (TPSA) is 129 Å². The van der Waals surface area contributed by atoms with Crippen molar-refractivity contribution in [3.8, 4) is 0 Å². The average Bonchev–Trinajstić information content (AvgIpc) is 2.72. The monoisotopic (exact) mass is 419 g/mol. The van der Waals surface area contributed by atoms with Crippen molar-refractivity contribution in [2.45, 2.75) is 71.2 Å². The van der Waals surface area contributed by atoms with Gasteiger partial charge in [0.1, 0.15) is 6.10 Å². The van der Waals surface area contributed by atoms with Gasteiger partial charge in [0, 0.05) is 19.7 Å². The summed E-state index contributed by atoms with van der Waals surface area (Å²) in [5, 5.41) is 25.9. The molecule has 0 aromatic heterocycles. The molecule has 0 aliphatic carbocycles. The molecular weight excluding hydrogens is 378 g/mol. The van der Waals surface area contributed by atoms with E-state index in [1.165, 1.54) is 32.1 Å². The number of carbonyl (C=O) groups excluding carboxylic acids is 2. The zero-order valence-corrected chi connectivity index (χ0v) is 18.1. The summed E-state index contributed by atoms with van der Waals surface area (Å²) in [6, 6.07) is 0. The van der Waals surface area contributed by atoms with E-state index in [2.05, 4.69) is 29.8 Å². The summed E-state index contributed by atoms with van der Waals surface area (Å²) in [7, 11) is 0. The molecule has 1 fully saturated rings. The normalized spacial score (nSPS) is 18.5. The van der Waals surface area contributed by atoms with Crippen LogP contribution in [-0.2, 0) is 19.1 Å². The van der Waals surface area contributed by atoms with E-state index >= 15 is 0 Å². The molecule has 0 saturated carbocycles. The summed E-state index contributed by atoms with van der Waals surface area (Å²) in [5.74, 6) is -0.544. The number of hydrogen-bond acceptors (Lipinski definition) is 7. The molecule has 9 nitrogen and oxygen atoms in total. The van der Waals surface area contributed by atoms with Crippen LogP contribution in [0.3, 0.4) is 0 Å². The number of amides is 2. The quantitative estimate of drug-likeness (QED) is 0.256. The van der Waals surface area contributed by atoms with Crippen molar-refractivity contribution < 1.29 is 29.3 Å². The molecule has 0 aromatic carbocycles. The van der Waals surface area contributed by atoms with Crippen LogP contribution in [0.4, 0.5) is 0 Å². The van der Waals surface area contributed by atoms with E-state index < -0.39 is 12.4 Å². The Balaban J connectivity index is 0.000000956. The van der Waals surface area contributed by atoms with Crippen molar-refractivity contribution in [3.63, 3.8) is 0 Å². The molecule has 1 aliphatic heterocycles. The SMILES string of the molecule is CCCCCCC.O=C(CNCC(=O)NCCOC1OCCCC1O)NCCO. The van der Waals surface area contributed by atoms with Crippen molar-refractivity contribution in [1.29, 1.82) is 0 Å². The number of hydrogen-bond donors (Lipinski definition) is 5. The van der Waals surface area contributed by atoms with E-state index in [-0.39, 0.29) is 44.7 Å². The van der Waals surface area contributed by atoms with Gasteiger partial charge in [-0.15, -0.1) is 0 Å². The third-order valence-corrected chi connectivity index (χ3v) is 4.16. The molecule has 2 unspecified atom stereocenters. The summed E-state index contributed by atoms with van der Waals surface area (Å²) >= 11 is 0. The number of ether oxygens (including phenoxy) is 2. The molecule has 1 heterocycles. The van der Waals surface area contributed by atoms with E-state index in [9.17, 15) is 14.7 Å². The van der Waals surface area contributed by atoms with E-state index in [0.29, 0.717) is 19.6 Å². The fraction of sp³-hybridized carbons (Fsp3) is 0.900. The molecule has 9 heteroatoms. The molecule has 0 radical (unpaired) electrons. The van der Waals surface area contributed by atoms with E-state index in [4.69, 9.17) is 14.6 Å². The van der Waals surface area contributed by atoms with Crippen molar-refractivity contribution in [1.82, 2.24) is 16.0 Å². The van der Waals surface area contributed by atoms with Gasteiger partial charge in [0.15, 0.2) is 6.29 Å². The van der Waals surface area contributed by atoms with Gasteiger partial charge >= 0.3 is 0 Å². The maximum Gasteiger partial charge on any atom is 0.234 e. The predicted molar refractivity (Wildman–Crippen MR) is 111 cm³/mol. The first-order chi connectivity index (χ1) is 14.0. The third kappa shape index (κ3) is 17.3. The minimum Gasteiger partial charge on any atom is -0.395 e. The second-order valence-corrected chi connectivity index (χ2v) is 6.91. The van der Waals surface area contributed by atoms with Crippen molar-refractivity contribution in [2.75, 3.05) is 46.0 Å². The molecule has 1 saturated heterocycles. The van der Waals surface area contributed by atoms with Gasteiger partial charge in [-0.05, 0) is 12.8 Å². The zero-order chi connectivity index (χ0) is 21.7. The van der Waals surface area contributed by atoms with E-state index in [1.54, 1.807) is 0 Å². The first kappa shape index (κ1) is 27.7. The lowest BCUT2D eigenvalue weighted by Crippen LogP contribution is -2.42. The van der Waals surface area contributed by atoms with Gasteiger partial charge in [0.2, 0.25) is 11.8 Å². The highest BCUT2D eigenvalue weighted by Gasteiger charge is 2.24. The van der Waals surface area contributed by atoms with Gasteiger partial charge in [-0.1, -0.05) is 46.0 Å². The van der Waals surface area contributed by atoms with Gasteiger partial charge in [0.25, 0.3) is 0 Å². The van der Waals surface area contributed by atoms with Crippen LogP contribution in [0, 0.1) is 0 Å². The maximum atomic E-state index is 11.5. The minimum absolute atomic E-state index is 0.00598. The molecule has 29 heavy (non-hydrogen) atoms. The first-order valence-electron chi connectivity index (χ1n) is 10.8. The number of carbonyl (C=O) groups is 2. The van der Waals surface area contributed by atoms with Crippen LogP contribution in [0.5, 0.6) is 0 Å². The Hall–Kier alpha value is -1.26. The lowest BCUT2D eigenvalue weighted by atomic mass is 10.1. The second-order valence-electron chi connectivity index (χ2n) is 6.91. The maximum absolute atomic E-state index is 11.5. The van der Waals surface area contributed by atoms with Crippen LogP contribution >= 0.6 is 0 Å². The first-order valence-corrected chi connectivity index (χ1v) is 10.8. The van der Waals surface area contributed by atoms with Crippen LogP contribution in [0.1, 0.15) is 58.8 Å². The Morgan fingerprint density at radius 2 is 1.66 bits per heavy atom. The Morgan fingerprint density at radius 1 is 1.03 bits per heavy atom. The molecule has 0 spiro atoms. The van der Waals surface area contributed by atoms with Gasteiger partial charge in [-0.3, -0.25) is 14.9 Å².